The molecule has 0 spiro atoms. The smallest absolute Gasteiger partial charge is 0.488 e. The lowest BCUT2D eigenvalue weighted by Gasteiger charge is -2.21. The van der Waals surface area contributed by atoms with E-state index in [1.807, 2.05) is 19.2 Å². The Morgan fingerprint density at radius 3 is 2.33 bits per heavy atom. The van der Waals surface area contributed by atoms with E-state index in [2.05, 4.69) is 24.0 Å². The second-order valence-electron chi connectivity index (χ2n) is 5.00. The van der Waals surface area contributed by atoms with Gasteiger partial charge in [-0.25, -0.2) is 0 Å². The summed E-state index contributed by atoms with van der Waals surface area (Å²) >= 11 is 0. The summed E-state index contributed by atoms with van der Waals surface area (Å²) in [6, 6.07) is 15.0. The van der Waals surface area contributed by atoms with Crippen LogP contribution in [0.2, 0.25) is 0 Å². The van der Waals surface area contributed by atoms with Crippen LogP contribution in [0.15, 0.2) is 48.5 Å². The van der Waals surface area contributed by atoms with Crippen molar-refractivity contribution >= 4 is 18.3 Å². The lowest BCUT2D eigenvalue weighted by molar-refractivity contribution is 0.326. The Hall–Kier alpha value is -1.98. The van der Waals surface area contributed by atoms with Crippen molar-refractivity contribution < 1.29 is 14.8 Å². The van der Waals surface area contributed by atoms with Gasteiger partial charge >= 0.3 is 7.12 Å². The molecule has 2 rings (SSSR count). The number of likely N-dealkylation sites (N-methyl/N-ethyl adjacent to an activating group) is 1. The van der Waals surface area contributed by atoms with Crippen molar-refractivity contribution in [1.82, 2.24) is 0 Å². The minimum atomic E-state index is -1.44. The summed E-state index contributed by atoms with van der Waals surface area (Å²) in [4.78, 5) is 2.15. The van der Waals surface area contributed by atoms with Gasteiger partial charge in [-0.05, 0) is 36.1 Å². The van der Waals surface area contributed by atoms with Crippen molar-refractivity contribution in [2.75, 3.05) is 25.1 Å². The SMILES string of the molecule is Cc1ccccc1N(C)CCOc1ccc(B(O)O)cc1. The monoisotopic (exact) mass is 285 g/mol. The van der Waals surface area contributed by atoms with E-state index in [1.165, 1.54) is 11.3 Å². The molecule has 0 amide bonds. The molecular weight excluding hydrogens is 265 g/mol. The summed E-state index contributed by atoms with van der Waals surface area (Å²) < 4.78 is 5.67. The Balaban J connectivity index is 1.85. The molecule has 0 heterocycles. The third-order valence-corrected chi connectivity index (χ3v) is 3.40. The number of rotatable bonds is 6. The van der Waals surface area contributed by atoms with Crippen LogP contribution < -0.4 is 15.1 Å². The topological polar surface area (TPSA) is 52.9 Å². The zero-order valence-corrected chi connectivity index (χ0v) is 12.4. The van der Waals surface area contributed by atoms with Crippen molar-refractivity contribution in [2.45, 2.75) is 6.92 Å². The van der Waals surface area contributed by atoms with Crippen LogP contribution in [0.25, 0.3) is 0 Å². The molecule has 0 bridgehead atoms. The number of ether oxygens (including phenoxy) is 1. The van der Waals surface area contributed by atoms with Crippen LogP contribution in [0.4, 0.5) is 5.69 Å². The van der Waals surface area contributed by atoms with E-state index in [-0.39, 0.29) is 0 Å². The molecule has 0 aliphatic rings. The van der Waals surface area contributed by atoms with Gasteiger partial charge in [-0.3, -0.25) is 0 Å². The summed E-state index contributed by atoms with van der Waals surface area (Å²) in [6.45, 7) is 3.42. The van der Waals surface area contributed by atoms with Crippen LogP contribution >= 0.6 is 0 Å². The molecule has 21 heavy (non-hydrogen) atoms. The first-order chi connectivity index (χ1) is 10.1. The summed E-state index contributed by atoms with van der Waals surface area (Å²) in [6.07, 6.45) is 0. The van der Waals surface area contributed by atoms with Crippen LogP contribution in [0.3, 0.4) is 0 Å². The van der Waals surface area contributed by atoms with E-state index in [0.717, 1.165) is 12.3 Å². The summed E-state index contributed by atoms with van der Waals surface area (Å²) in [5, 5.41) is 18.0. The number of hydrogen-bond acceptors (Lipinski definition) is 4. The Morgan fingerprint density at radius 1 is 1.05 bits per heavy atom. The first-order valence-electron chi connectivity index (χ1n) is 6.93. The van der Waals surface area contributed by atoms with Gasteiger partial charge in [-0.2, -0.15) is 0 Å². The maximum Gasteiger partial charge on any atom is 0.488 e. The molecular formula is C16H20BNO3. The summed E-state index contributed by atoms with van der Waals surface area (Å²) in [7, 11) is 0.600. The highest BCUT2D eigenvalue weighted by atomic mass is 16.5. The minimum Gasteiger partial charge on any atom is -0.492 e. The van der Waals surface area contributed by atoms with Gasteiger partial charge in [-0.1, -0.05) is 30.3 Å². The van der Waals surface area contributed by atoms with E-state index in [1.54, 1.807) is 24.3 Å². The Morgan fingerprint density at radius 2 is 1.71 bits per heavy atom. The van der Waals surface area contributed by atoms with Gasteiger partial charge in [0.15, 0.2) is 0 Å². The zero-order chi connectivity index (χ0) is 15.2. The van der Waals surface area contributed by atoms with Gasteiger partial charge in [0, 0.05) is 12.7 Å². The van der Waals surface area contributed by atoms with Crippen LogP contribution in [0.1, 0.15) is 5.56 Å². The Kier molecular flexibility index (Phi) is 5.25. The molecule has 0 radical (unpaired) electrons. The fraction of sp³-hybridized carbons (Fsp3) is 0.250. The van der Waals surface area contributed by atoms with Crippen molar-refractivity contribution in [3.05, 3.63) is 54.1 Å². The number of aryl methyl sites for hydroxylation is 1. The third-order valence-electron chi connectivity index (χ3n) is 3.40. The molecule has 0 unspecified atom stereocenters. The summed E-state index contributed by atoms with van der Waals surface area (Å²) in [5.41, 5.74) is 2.89. The van der Waals surface area contributed by atoms with Gasteiger partial charge in [0.1, 0.15) is 12.4 Å². The first kappa shape index (κ1) is 15.4. The molecule has 0 aliphatic carbocycles. The van der Waals surface area contributed by atoms with Crippen LogP contribution in [-0.4, -0.2) is 37.4 Å². The number of benzene rings is 2. The molecule has 0 atom stereocenters. The lowest BCUT2D eigenvalue weighted by atomic mass is 9.80. The van der Waals surface area contributed by atoms with Gasteiger partial charge < -0.3 is 19.7 Å². The second kappa shape index (κ2) is 7.15. The Labute approximate surface area is 125 Å². The lowest BCUT2D eigenvalue weighted by Crippen LogP contribution is -2.29. The molecule has 4 nitrogen and oxygen atoms in total. The molecule has 2 N–H and O–H groups in total. The average Bonchev–Trinajstić information content (AvgIpc) is 2.48. The van der Waals surface area contributed by atoms with Crippen molar-refractivity contribution in [1.29, 1.82) is 0 Å². The van der Waals surface area contributed by atoms with Gasteiger partial charge in [0.25, 0.3) is 0 Å². The van der Waals surface area contributed by atoms with Crippen molar-refractivity contribution in [3.63, 3.8) is 0 Å². The standard InChI is InChI=1S/C16H20BNO3/c1-13-5-3-4-6-16(13)18(2)11-12-21-15-9-7-14(8-10-15)17(19)20/h3-10,19-20H,11-12H2,1-2H3. The first-order valence-corrected chi connectivity index (χ1v) is 6.93. The quantitative estimate of drug-likeness (QED) is 0.783. The van der Waals surface area contributed by atoms with Crippen LogP contribution in [0.5, 0.6) is 5.75 Å². The van der Waals surface area contributed by atoms with Gasteiger partial charge in [-0.15, -0.1) is 0 Å². The molecule has 2 aromatic rings. The second-order valence-corrected chi connectivity index (χ2v) is 5.00. The molecule has 0 saturated carbocycles. The predicted octanol–water partition coefficient (Wildman–Crippen LogP) is 1.19. The van der Waals surface area contributed by atoms with Gasteiger partial charge in [0.05, 0.1) is 6.54 Å². The number of para-hydroxylation sites is 1. The average molecular weight is 285 g/mol. The highest BCUT2D eigenvalue weighted by molar-refractivity contribution is 6.58. The van der Waals surface area contributed by atoms with E-state index in [9.17, 15) is 0 Å². The highest BCUT2D eigenvalue weighted by Gasteiger charge is 2.10. The van der Waals surface area contributed by atoms with Crippen LogP contribution in [-0.2, 0) is 0 Å². The summed E-state index contributed by atoms with van der Waals surface area (Å²) in [5.74, 6) is 0.720. The third kappa shape index (κ3) is 4.24. The fourth-order valence-corrected chi connectivity index (χ4v) is 2.15. The Bertz CT molecular complexity index is 572. The predicted molar refractivity (Wildman–Crippen MR) is 86.2 cm³/mol. The zero-order valence-electron chi connectivity index (χ0n) is 12.4. The minimum absolute atomic E-state index is 0.458. The van der Waals surface area contributed by atoms with Crippen molar-refractivity contribution in [3.8, 4) is 5.75 Å². The largest absolute Gasteiger partial charge is 0.492 e. The maximum atomic E-state index is 9.02. The fourth-order valence-electron chi connectivity index (χ4n) is 2.15. The maximum absolute atomic E-state index is 9.02. The van der Waals surface area contributed by atoms with E-state index < -0.39 is 7.12 Å². The van der Waals surface area contributed by atoms with E-state index >= 15 is 0 Å². The molecule has 0 fully saturated rings. The molecule has 110 valence electrons. The molecule has 0 aliphatic heterocycles. The highest BCUT2D eigenvalue weighted by Crippen LogP contribution is 2.17. The van der Waals surface area contributed by atoms with Crippen LogP contribution in [0, 0.1) is 6.92 Å². The van der Waals surface area contributed by atoms with E-state index in [0.29, 0.717) is 12.1 Å². The molecule has 2 aromatic carbocycles. The van der Waals surface area contributed by atoms with Gasteiger partial charge in [0.2, 0.25) is 0 Å². The number of anilines is 1. The number of nitrogens with zero attached hydrogens (tertiary/aromatic N) is 1. The van der Waals surface area contributed by atoms with E-state index in [4.69, 9.17) is 14.8 Å². The molecule has 5 heteroatoms. The normalized spacial score (nSPS) is 10.3. The number of hydrogen-bond donors (Lipinski definition) is 2. The van der Waals surface area contributed by atoms with Crippen molar-refractivity contribution in [2.24, 2.45) is 0 Å². The molecule has 0 saturated heterocycles. The molecule has 0 aromatic heterocycles.